The SMILES string of the molecule is O=[N+]([O-])c1ccccc1-c1ccc2c(c1)C(c1ccccc1)(c1ccccc1)c1cc(Br)ccc1-2. The minimum Gasteiger partial charge on any atom is -0.258 e. The van der Waals surface area contributed by atoms with E-state index in [-0.39, 0.29) is 10.6 Å². The summed E-state index contributed by atoms with van der Waals surface area (Å²) < 4.78 is 1.01. The van der Waals surface area contributed by atoms with Crippen LogP contribution in [-0.4, -0.2) is 4.92 Å². The third-order valence-electron chi connectivity index (χ3n) is 6.92. The van der Waals surface area contributed by atoms with E-state index < -0.39 is 5.41 Å². The van der Waals surface area contributed by atoms with Crippen molar-refractivity contribution in [2.75, 3.05) is 0 Å². The molecule has 0 aliphatic heterocycles. The van der Waals surface area contributed by atoms with E-state index in [1.165, 1.54) is 11.1 Å². The number of para-hydroxylation sites is 1. The van der Waals surface area contributed by atoms with E-state index in [4.69, 9.17) is 0 Å². The van der Waals surface area contributed by atoms with Gasteiger partial charge in [0.1, 0.15) is 0 Å². The Bertz CT molecular complexity index is 1540. The average Bonchev–Trinajstić information content (AvgIpc) is 3.19. The zero-order valence-corrected chi connectivity index (χ0v) is 20.3. The van der Waals surface area contributed by atoms with Gasteiger partial charge in [-0.1, -0.05) is 107 Å². The molecule has 0 N–H and O–H groups in total. The molecule has 0 spiro atoms. The fourth-order valence-corrected chi connectivity index (χ4v) is 5.87. The van der Waals surface area contributed by atoms with Crippen LogP contribution in [0.4, 0.5) is 5.69 Å². The molecule has 0 fully saturated rings. The van der Waals surface area contributed by atoms with Crippen molar-refractivity contribution < 1.29 is 4.92 Å². The molecule has 0 saturated carbocycles. The van der Waals surface area contributed by atoms with E-state index in [1.807, 2.05) is 30.3 Å². The van der Waals surface area contributed by atoms with Gasteiger partial charge in [-0.2, -0.15) is 0 Å². The molecule has 0 saturated heterocycles. The average molecular weight is 518 g/mol. The number of fused-ring (bicyclic) bond motifs is 3. The predicted octanol–water partition coefficient (Wildman–Crippen LogP) is 8.39. The number of rotatable bonds is 4. The molecule has 0 atom stereocenters. The Hall–Kier alpha value is -4.02. The number of hydrogen-bond donors (Lipinski definition) is 0. The molecule has 0 unspecified atom stereocenters. The largest absolute Gasteiger partial charge is 0.277 e. The Morgan fingerprint density at radius 2 is 1.14 bits per heavy atom. The maximum atomic E-state index is 11.8. The maximum Gasteiger partial charge on any atom is 0.277 e. The van der Waals surface area contributed by atoms with E-state index in [1.54, 1.807) is 12.1 Å². The summed E-state index contributed by atoms with van der Waals surface area (Å²) in [6.45, 7) is 0. The predicted molar refractivity (Wildman–Crippen MR) is 144 cm³/mol. The van der Waals surface area contributed by atoms with Crippen molar-refractivity contribution in [1.82, 2.24) is 0 Å². The molecule has 4 heteroatoms. The summed E-state index contributed by atoms with van der Waals surface area (Å²) in [4.78, 5) is 11.5. The van der Waals surface area contributed by atoms with Crippen LogP contribution in [0.5, 0.6) is 0 Å². The van der Waals surface area contributed by atoms with Crippen LogP contribution in [0.3, 0.4) is 0 Å². The fraction of sp³-hybridized carbons (Fsp3) is 0.0323. The van der Waals surface area contributed by atoms with Crippen LogP contribution >= 0.6 is 15.9 Å². The van der Waals surface area contributed by atoms with Gasteiger partial charge in [-0.3, -0.25) is 10.1 Å². The number of nitro benzene ring substituents is 1. The van der Waals surface area contributed by atoms with Crippen LogP contribution in [0.1, 0.15) is 22.3 Å². The molecule has 0 radical (unpaired) electrons. The molecule has 35 heavy (non-hydrogen) atoms. The molecule has 5 aromatic rings. The molecule has 0 amide bonds. The lowest BCUT2D eigenvalue weighted by Crippen LogP contribution is -2.28. The third kappa shape index (κ3) is 3.25. The van der Waals surface area contributed by atoms with Crippen molar-refractivity contribution in [3.63, 3.8) is 0 Å². The molecule has 168 valence electrons. The number of benzene rings is 5. The summed E-state index contributed by atoms with van der Waals surface area (Å²) in [6, 6.07) is 40.7. The van der Waals surface area contributed by atoms with Gasteiger partial charge in [0.25, 0.3) is 5.69 Å². The maximum absolute atomic E-state index is 11.8. The standard InChI is InChI=1S/C31H20BrNO2/c32-24-16-18-27-26-17-15-21(25-13-7-8-14-30(25)33(34)35)19-28(26)31(29(27)20-24,22-9-3-1-4-10-22)23-11-5-2-6-12-23/h1-20H. The second kappa shape index (κ2) is 8.33. The van der Waals surface area contributed by atoms with Gasteiger partial charge in [0.2, 0.25) is 0 Å². The summed E-state index contributed by atoms with van der Waals surface area (Å²) in [5, 5.41) is 11.8. The van der Waals surface area contributed by atoms with Crippen molar-refractivity contribution >= 4 is 21.6 Å². The normalized spacial score (nSPS) is 13.2. The van der Waals surface area contributed by atoms with Crippen molar-refractivity contribution in [2.45, 2.75) is 5.41 Å². The molecule has 0 aromatic heterocycles. The smallest absolute Gasteiger partial charge is 0.258 e. The van der Waals surface area contributed by atoms with Gasteiger partial charge >= 0.3 is 0 Å². The highest BCUT2D eigenvalue weighted by atomic mass is 79.9. The fourth-order valence-electron chi connectivity index (χ4n) is 5.51. The molecule has 1 aliphatic carbocycles. The third-order valence-corrected chi connectivity index (χ3v) is 7.42. The molecular weight excluding hydrogens is 498 g/mol. The van der Waals surface area contributed by atoms with Gasteiger partial charge in [0.15, 0.2) is 0 Å². The topological polar surface area (TPSA) is 43.1 Å². The zero-order chi connectivity index (χ0) is 24.0. The van der Waals surface area contributed by atoms with Crippen molar-refractivity contribution in [1.29, 1.82) is 0 Å². The van der Waals surface area contributed by atoms with Crippen molar-refractivity contribution in [3.05, 3.63) is 158 Å². The van der Waals surface area contributed by atoms with Crippen LogP contribution in [-0.2, 0) is 5.41 Å². The van der Waals surface area contributed by atoms with Gasteiger partial charge in [-0.15, -0.1) is 0 Å². The summed E-state index contributed by atoms with van der Waals surface area (Å²) in [6.07, 6.45) is 0. The first-order valence-corrected chi connectivity index (χ1v) is 12.2. The summed E-state index contributed by atoms with van der Waals surface area (Å²) in [5.41, 5.74) is 7.94. The monoisotopic (exact) mass is 517 g/mol. The molecule has 1 aliphatic rings. The van der Waals surface area contributed by atoms with E-state index in [2.05, 4.69) is 94.8 Å². The highest BCUT2D eigenvalue weighted by Gasteiger charge is 2.46. The molecule has 3 nitrogen and oxygen atoms in total. The summed E-state index contributed by atoms with van der Waals surface area (Å²) >= 11 is 3.71. The number of halogens is 1. The van der Waals surface area contributed by atoms with E-state index in [0.717, 1.165) is 32.3 Å². The molecule has 0 bridgehead atoms. The Morgan fingerprint density at radius 1 is 0.600 bits per heavy atom. The van der Waals surface area contributed by atoms with Crippen molar-refractivity contribution in [3.8, 4) is 22.3 Å². The van der Waals surface area contributed by atoms with Crippen LogP contribution in [0.15, 0.2) is 126 Å². The first-order valence-electron chi connectivity index (χ1n) is 11.4. The first-order chi connectivity index (χ1) is 17.1. The molecule has 0 heterocycles. The van der Waals surface area contributed by atoms with Gasteiger partial charge in [-0.25, -0.2) is 0 Å². The second-order valence-electron chi connectivity index (χ2n) is 8.71. The second-order valence-corrected chi connectivity index (χ2v) is 9.62. The lowest BCUT2D eigenvalue weighted by Gasteiger charge is -2.34. The molecule has 6 rings (SSSR count). The number of nitrogens with zero attached hydrogens (tertiary/aromatic N) is 1. The highest BCUT2D eigenvalue weighted by Crippen LogP contribution is 2.57. The van der Waals surface area contributed by atoms with Crippen molar-refractivity contribution in [2.24, 2.45) is 0 Å². The van der Waals surface area contributed by atoms with Crippen LogP contribution in [0.2, 0.25) is 0 Å². The Morgan fingerprint density at radius 3 is 1.77 bits per heavy atom. The van der Waals surface area contributed by atoms with Gasteiger partial charge in [0, 0.05) is 10.5 Å². The van der Waals surface area contributed by atoms with Gasteiger partial charge in [-0.05, 0) is 63.2 Å². The number of nitro groups is 1. The lowest BCUT2D eigenvalue weighted by atomic mass is 9.67. The quantitative estimate of drug-likeness (QED) is 0.174. The number of hydrogen-bond acceptors (Lipinski definition) is 2. The minimum absolute atomic E-state index is 0.107. The Kier molecular flexibility index (Phi) is 5.12. The molecular formula is C31H20BrNO2. The van der Waals surface area contributed by atoms with Gasteiger partial charge < -0.3 is 0 Å². The summed E-state index contributed by atoms with van der Waals surface area (Å²) in [7, 11) is 0. The van der Waals surface area contributed by atoms with E-state index in [0.29, 0.717) is 5.56 Å². The van der Waals surface area contributed by atoms with Crippen LogP contribution in [0, 0.1) is 10.1 Å². The van der Waals surface area contributed by atoms with E-state index >= 15 is 0 Å². The van der Waals surface area contributed by atoms with E-state index in [9.17, 15) is 10.1 Å². The van der Waals surface area contributed by atoms with Crippen LogP contribution < -0.4 is 0 Å². The Labute approximate surface area is 212 Å². The zero-order valence-electron chi connectivity index (χ0n) is 18.7. The van der Waals surface area contributed by atoms with Crippen LogP contribution in [0.25, 0.3) is 22.3 Å². The first kappa shape index (κ1) is 21.5. The lowest BCUT2D eigenvalue weighted by molar-refractivity contribution is -0.384. The Balaban J connectivity index is 1.74. The molecule has 5 aromatic carbocycles. The summed E-state index contributed by atoms with van der Waals surface area (Å²) in [5.74, 6) is 0. The minimum atomic E-state index is -0.559. The highest BCUT2D eigenvalue weighted by molar-refractivity contribution is 9.10. The van der Waals surface area contributed by atoms with Gasteiger partial charge in [0.05, 0.1) is 15.9 Å².